The molecule has 0 spiro atoms. The van der Waals surface area contributed by atoms with Crippen LogP contribution in [0.3, 0.4) is 0 Å². The Balaban J connectivity index is 1.74. The molecule has 0 N–H and O–H groups in total. The van der Waals surface area contributed by atoms with Gasteiger partial charge in [-0.15, -0.1) is 11.3 Å². The molecule has 0 aliphatic carbocycles. The molecule has 0 aromatic carbocycles. The number of nitrogens with zero attached hydrogens (tertiary/aromatic N) is 1. The summed E-state index contributed by atoms with van der Waals surface area (Å²) in [5.41, 5.74) is 0. The van der Waals surface area contributed by atoms with E-state index in [1.807, 2.05) is 0 Å². The molecule has 2 fully saturated rings. The van der Waals surface area contributed by atoms with Gasteiger partial charge in [-0.05, 0) is 50.7 Å². The zero-order valence-electron chi connectivity index (χ0n) is 12.5. The van der Waals surface area contributed by atoms with Crippen molar-refractivity contribution in [3.8, 4) is 0 Å². The molecule has 0 saturated carbocycles. The van der Waals surface area contributed by atoms with E-state index in [1.165, 1.54) is 9.75 Å². The summed E-state index contributed by atoms with van der Waals surface area (Å²) in [6.45, 7) is 4.15. The van der Waals surface area contributed by atoms with E-state index in [0.717, 1.165) is 25.7 Å². The van der Waals surface area contributed by atoms with Crippen LogP contribution in [-0.2, 0) is 14.8 Å². The molecule has 0 amide bonds. The Morgan fingerprint density at radius 1 is 1.29 bits per heavy atom. The van der Waals surface area contributed by atoms with Gasteiger partial charge in [-0.25, -0.2) is 8.42 Å². The smallest absolute Gasteiger partial charge is 0.214 e. The Labute approximate surface area is 131 Å². The van der Waals surface area contributed by atoms with Crippen molar-refractivity contribution >= 4 is 21.4 Å². The van der Waals surface area contributed by atoms with Crippen LogP contribution in [0.5, 0.6) is 0 Å². The first-order valence-electron chi connectivity index (χ1n) is 7.70. The number of hydrogen-bond acceptors (Lipinski definition) is 4. The fourth-order valence-corrected chi connectivity index (χ4v) is 6.52. The van der Waals surface area contributed by atoms with E-state index in [9.17, 15) is 8.42 Å². The molecule has 1 aromatic rings. The van der Waals surface area contributed by atoms with Crippen LogP contribution in [0.4, 0.5) is 0 Å². The minimum Gasteiger partial charge on any atom is -0.381 e. The van der Waals surface area contributed by atoms with Crippen LogP contribution in [0.2, 0.25) is 0 Å². The molecule has 0 unspecified atom stereocenters. The van der Waals surface area contributed by atoms with Crippen molar-refractivity contribution in [3.05, 3.63) is 21.9 Å². The number of thiophene rings is 1. The lowest BCUT2D eigenvalue weighted by molar-refractivity contribution is 0.0720. The first-order valence-corrected chi connectivity index (χ1v) is 10.1. The average Bonchev–Trinajstić information content (AvgIpc) is 3.07. The Bertz CT molecular complexity index is 575. The Morgan fingerprint density at radius 2 is 2.05 bits per heavy atom. The lowest BCUT2D eigenvalue weighted by Gasteiger charge is -2.27. The highest BCUT2D eigenvalue weighted by Crippen LogP contribution is 2.38. The van der Waals surface area contributed by atoms with Crippen molar-refractivity contribution in [1.29, 1.82) is 0 Å². The SMILES string of the molecule is Cc1ccc([C@@H]2CCCN2S(=O)(=O)CC2CCOCC2)s1. The van der Waals surface area contributed by atoms with Gasteiger partial charge in [-0.2, -0.15) is 4.31 Å². The van der Waals surface area contributed by atoms with Gasteiger partial charge in [-0.3, -0.25) is 0 Å². The molecular weight excluding hydrogens is 306 g/mol. The van der Waals surface area contributed by atoms with Crippen LogP contribution < -0.4 is 0 Å². The van der Waals surface area contributed by atoms with Crippen molar-refractivity contribution in [2.45, 2.75) is 38.6 Å². The molecule has 0 radical (unpaired) electrons. The Hall–Kier alpha value is -0.430. The van der Waals surface area contributed by atoms with Gasteiger partial charge < -0.3 is 4.74 Å². The van der Waals surface area contributed by atoms with Gasteiger partial charge in [0.15, 0.2) is 0 Å². The van der Waals surface area contributed by atoms with Gasteiger partial charge >= 0.3 is 0 Å². The highest BCUT2D eigenvalue weighted by molar-refractivity contribution is 7.89. The third-order valence-electron chi connectivity index (χ3n) is 4.44. The highest BCUT2D eigenvalue weighted by Gasteiger charge is 2.37. The summed E-state index contributed by atoms with van der Waals surface area (Å²) in [6, 6.07) is 4.24. The molecule has 1 aromatic heterocycles. The minimum absolute atomic E-state index is 0.0635. The van der Waals surface area contributed by atoms with Gasteiger partial charge in [0, 0.05) is 29.5 Å². The second-order valence-corrected chi connectivity index (χ2v) is 9.34. The Kier molecular flexibility index (Phi) is 4.69. The quantitative estimate of drug-likeness (QED) is 0.853. The summed E-state index contributed by atoms with van der Waals surface area (Å²) in [5.74, 6) is 0.548. The number of hydrogen-bond donors (Lipinski definition) is 0. The van der Waals surface area contributed by atoms with Gasteiger partial charge in [0.05, 0.1) is 11.8 Å². The second-order valence-electron chi connectivity index (χ2n) is 6.05. The van der Waals surface area contributed by atoms with Crippen molar-refractivity contribution in [2.24, 2.45) is 5.92 Å². The van der Waals surface area contributed by atoms with E-state index in [0.29, 0.717) is 19.8 Å². The summed E-state index contributed by atoms with van der Waals surface area (Å²) in [6.07, 6.45) is 3.66. The molecule has 3 rings (SSSR count). The highest BCUT2D eigenvalue weighted by atomic mass is 32.2. The van der Waals surface area contributed by atoms with Gasteiger partial charge in [0.2, 0.25) is 10.0 Å². The zero-order valence-corrected chi connectivity index (χ0v) is 14.1. The molecule has 1 atom stereocenters. The van der Waals surface area contributed by atoms with Crippen LogP contribution in [0.25, 0.3) is 0 Å². The van der Waals surface area contributed by atoms with Crippen LogP contribution in [0.15, 0.2) is 12.1 Å². The predicted molar refractivity (Wildman–Crippen MR) is 85.1 cm³/mol. The van der Waals surface area contributed by atoms with Crippen molar-refractivity contribution in [1.82, 2.24) is 4.31 Å². The first-order chi connectivity index (χ1) is 10.1. The molecule has 118 valence electrons. The molecule has 2 aliphatic heterocycles. The fourth-order valence-electron chi connectivity index (χ4n) is 3.30. The van der Waals surface area contributed by atoms with Crippen LogP contribution in [-0.4, -0.2) is 38.2 Å². The summed E-state index contributed by atoms with van der Waals surface area (Å²) >= 11 is 1.72. The maximum Gasteiger partial charge on any atom is 0.214 e. The fraction of sp³-hybridized carbons (Fsp3) is 0.733. The van der Waals surface area contributed by atoms with E-state index in [2.05, 4.69) is 19.1 Å². The van der Waals surface area contributed by atoms with E-state index in [1.54, 1.807) is 15.6 Å². The molecule has 4 nitrogen and oxygen atoms in total. The van der Waals surface area contributed by atoms with E-state index < -0.39 is 10.0 Å². The molecule has 3 heterocycles. The first kappa shape index (κ1) is 15.5. The van der Waals surface area contributed by atoms with E-state index >= 15 is 0 Å². The number of ether oxygens (including phenoxy) is 1. The molecule has 0 bridgehead atoms. The normalized spacial score (nSPS) is 25.5. The molecule has 2 saturated heterocycles. The summed E-state index contributed by atoms with van der Waals surface area (Å²) in [5, 5.41) is 0. The number of rotatable bonds is 4. The largest absolute Gasteiger partial charge is 0.381 e. The third-order valence-corrected chi connectivity index (χ3v) is 7.58. The molecule has 2 aliphatic rings. The summed E-state index contributed by atoms with van der Waals surface area (Å²) in [4.78, 5) is 2.44. The summed E-state index contributed by atoms with van der Waals surface area (Å²) < 4.78 is 32.6. The van der Waals surface area contributed by atoms with Crippen molar-refractivity contribution < 1.29 is 13.2 Å². The predicted octanol–water partition coefficient (Wildman–Crippen LogP) is 2.95. The molecular formula is C15H23NO3S2. The standard InChI is InChI=1S/C15H23NO3S2/c1-12-4-5-15(20-12)14-3-2-8-16(14)21(17,18)11-13-6-9-19-10-7-13/h4-5,13-14H,2-3,6-11H2,1H3/t14-/m0/s1. The lowest BCUT2D eigenvalue weighted by Crippen LogP contribution is -2.36. The average molecular weight is 329 g/mol. The topological polar surface area (TPSA) is 46.6 Å². The van der Waals surface area contributed by atoms with Crippen LogP contribution in [0, 0.1) is 12.8 Å². The van der Waals surface area contributed by atoms with Crippen molar-refractivity contribution in [2.75, 3.05) is 25.5 Å². The van der Waals surface area contributed by atoms with Gasteiger partial charge in [-0.1, -0.05) is 0 Å². The third kappa shape index (κ3) is 3.50. The lowest BCUT2D eigenvalue weighted by atomic mass is 10.0. The van der Waals surface area contributed by atoms with E-state index in [-0.39, 0.29) is 17.7 Å². The van der Waals surface area contributed by atoms with Crippen LogP contribution >= 0.6 is 11.3 Å². The number of sulfonamides is 1. The minimum atomic E-state index is -3.16. The number of aryl methyl sites for hydroxylation is 1. The monoisotopic (exact) mass is 329 g/mol. The second kappa shape index (κ2) is 6.36. The van der Waals surface area contributed by atoms with E-state index in [4.69, 9.17) is 4.74 Å². The van der Waals surface area contributed by atoms with Crippen LogP contribution in [0.1, 0.15) is 41.5 Å². The Morgan fingerprint density at radius 3 is 2.71 bits per heavy atom. The maximum absolute atomic E-state index is 12.8. The maximum atomic E-state index is 12.8. The zero-order chi connectivity index (χ0) is 14.9. The van der Waals surface area contributed by atoms with Gasteiger partial charge in [0.25, 0.3) is 0 Å². The van der Waals surface area contributed by atoms with Gasteiger partial charge in [0.1, 0.15) is 0 Å². The van der Waals surface area contributed by atoms with Crippen molar-refractivity contribution in [3.63, 3.8) is 0 Å². The molecule has 6 heteroatoms. The summed E-state index contributed by atoms with van der Waals surface area (Å²) in [7, 11) is -3.16. The molecule has 21 heavy (non-hydrogen) atoms.